The summed E-state index contributed by atoms with van der Waals surface area (Å²) < 4.78 is 5.99. The number of aromatic amines is 1. The Hall–Kier alpha value is -2.11. The molecule has 0 spiro atoms. The summed E-state index contributed by atoms with van der Waals surface area (Å²) in [5.41, 5.74) is 0.701. The minimum absolute atomic E-state index is 0.537. The van der Waals surface area contributed by atoms with E-state index in [4.69, 9.17) is 4.74 Å². The molecular weight excluding hydrogens is 266 g/mol. The minimum Gasteiger partial charge on any atom is -0.477 e. The number of nitrogens with zero attached hydrogens (tertiary/aromatic N) is 3. The molecule has 0 bridgehead atoms. The van der Waals surface area contributed by atoms with Gasteiger partial charge in [-0.25, -0.2) is 0 Å². The standard InChI is InChI=1S/C15H21N5O/c1-3-16-15-18-13-12(8-17-20-13)14(19-15)21-9-11-7-5-4-6-10(11)2/h4-5,8,10-11H,3,6-7,9H2,1-2H3,(H2,16,17,18,19,20). The molecule has 2 aromatic heterocycles. The SMILES string of the molecule is CCNc1nc(OCC2CC=CCC2C)c2cn[nH]c2n1. The molecule has 1 aliphatic carbocycles. The van der Waals surface area contributed by atoms with Crippen LogP contribution in [-0.2, 0) is 0 Å². The van der Waals surface area contributed by atoms with Crippen molar-refractivity contribution in [1.29, 1.82) is 0 Å². The van der Waals surface area contributed by atoms with Crippen molar-refractivity contribution in [2.24, 2.45) is 11.8 Å². The van der Waals surface area contributed by atoms with Gasteiger partial charge in [-0.2, -0.15) is 15.1 Å². The van der Waals surface area contributed by atoms with E-state index in [0.29, 0.717) is 35.9 Å². The molecule has 2 aromatic rings. The molecule has 0 radical (unpaired) electrons. The summed E-state index contributed by atoms with van der Waals surface area (Å²) in [7, 11) is 0. The second-order valence-electron chi connectivity index (χ2n) is 5.51. The maximum absolute atomic E-state index is 5.99. The molecule has 0 amide bonds. The first-order valence-electron chi connectivity index (χ1n) is 7.50. The second-order valence-corrected chi connectivity index (χ2v) is 5.51. The Kier molecular flexibility index (Phi) is 4.03. The zero-order chi connectivity index (χ0) is 14.7. The number of fused-ring (bicyclic) bond motifs is 1. The lowest BCUT2D eigenvalue weighted by molar-refractivity contribution is 0.195. The highest BCUT2D eigenvalue weighted by atomic mass is 16.5. The van der Waals surface area contributed by atoms with E-state index in [1.807, 2.05) is 6.92 Å². The van der Waals surface area contributed by atoms with E-state index in [0.717, 1.165) is 24.8 Å². The molecule has 21 heavy (non-hydrogen) atoms. The molecule has 2 N–H and O–H groups in total. The van der Waals surface area contributed by atoms with Crippen molar-refractivity contribution < 1.29 is 4.74 Å². The van der Waals surface area contributed by atoms with Crippen LogP contribution in [0.5, 0.6) is 5.88 Å². The summed E-state index contributed by atoms with van der Waals surface area (Å²) in [4.78, 5) is 8.81. The van der Waals surface area contributed by atoms with Crippen molar-refractivity contribution in [2.75, 3.05) is 18.5 Å². The fraction of sp³-hybridized carbons (Fsp3) is 0.533. The van der Waals surface area contributed by atoms with Crippen LogP contribution in [0.2, 0.25) is 0 Å². The van der Waals surface area contributed by atoms with Gasteiger partial charge in [0.15, 0.2) is 5.65 Å². The quantitative estimate of drug-likeness (QED) is 0.827. The van der Waals surface area contributed by atoms with Gasteiger partial charge >= 0.3 is 0 Å². The normalized spacial score (nSPS) is 21.6. The molecule has 2 unspecified atom stereocenters. The summed E-state index contributed by atoms with van der Waals surface area (Å²) in [5.74, 6) is 2.35. The average Bonchev–Trinajstić information content (AvgIpc) is 2.95. The third-order valence-electron chi connectivity index (χ3n) is 3.96. The van der Waals surface area contributed by atoms with Crippen molar-refractivity contribution in [1.82, 2.24) is 20.2 Å². The first-order valence-corrected chi connectivity index (χ1v) is 7.50. The molecule has 6 heteroatoms. The van der Waals surface area contributed by atoms with Crippen LogP contribution in [-0.4, -0.2) is 33.3 Å². The van der Waals surface area contributed by atoms with Crippen LogP contribution in [0.1, 0.15) is 26.7 Å². The van der Waals surface area contributed by atoms with Gasteiger partial charge in [-0.3, -0.25) is 5.10 Å². The topological polar surface area (TPSA) is 75.7 Å². The smallest absolute Gasteiger partial charge is 0.229 e. The Bertz CT molecular complexity index is 636. The van der Waals surface area contributed by atoms with Gasteiger partial charge < -0.3 is 10.1 Å². The summed E-state index contributed by atoms with van der Waals surface area (Å²) in [6, 6.07) is 0. The largest absolute Gasteiger partial charge is 0.477 e. The molecule has 112 valence electrons. The van der Waals surface area contributed by atoms with Crippen LogP contribution >= 0.6 is 0 Å². The highest BCUT2D eigenvalue weighted by molar-refractivity contribution is 5.80. The maximum atomic E-state index is 5.99. The Morgan fingerprint density at radius 3 is 3.00 bits per heavy atom. The molecule has 1 aliphatic rings. The Morgan fingerprint density at radius 2 is 2.19 bits per heavy atom. The van der Waals surface area contributed by atoms with Gasteiger partial charge in [0.1, 0.15) is 5.39 Å². The van der Waals surface area contributed by atoms with E-state index >= 15 is 0 Å². The number of ether oxygens (including phenoxy) is 1. The Balaban J connectivity index is 1.78. The first kappa shape index (κ1) is 13.9. The van der Waals surface area contributed by atoms with Crippen LogP contribution in [0.4, 0.5) is 5.95 Å². The van der Waals surface area contributed by atoms with Gasteiger partial charge in [0.25, 0.3) is 0 Å². The monoisotopic (exact) mass is 287 g/mol. The number of H-pyrrole nitrogens is 1. The molecular formula is C15H21N5O. The molecule has 2 atom stereocenters. The van der Waals surface area contributed by atoms with Crippen molar-refractivity contribution >= 4 is 17.0 Å². The predicted molar refractivity (Wildman–Crippen MR) is 82.4 cm³/mol. The fourth-order valence-electron chi connectivity index (χ4n) is 2.58. The summed E-state index contributed by atoms with van der Waals surface area (Å²) >= 11 is 0. The number of aromatic nitrogens is 4. The van der Waals surface area contributed by atoms with Gasteiger partial charge in [0.05, 0.1) is 12.8 Å². The van der Waals surface area contributed by atoms with Gasteiger partial charge in [0.2, 0.25) is 11.8 Å². The molecule has 2 heterocycles. The van der Waals surface area contributed by atoms with Gasteiger partial charge in [-0.05, 0) is 31.6 Å². The number of allylic oxidation sites excluding steroid dienone is 2. The third-order valence-corrected chi connectivity index (χ3v) is 3.96. The van der Waals surface area contributed by atoms with Crippen LogP contribution in [0, 0.1) is 11.8 Å². The molecule has 0 aromatic carbocycles. The molecule has 0 saturated heterocycles. The lowest BCUT2D eigenvalue weighted by atomic mass is 9.85. The molecule has 0 aliphatic heterocycles. The van der Waals surface area contributed by atoms with Crippen LogP contribution < -0.4 is 10.1 Å². The van der Waals surface area contributed by atoms with E-state index in [1.165, 1.54) is 0 Å². The number of hydrogen-bond donors (Lipinski definition) is 2. The zero-order valence-corrected chi connectivity index (χ0v) is 12.5. The Labute approximate surface area is 124 Å². The summed E-state index contributed by atoms with van der Waals surface area (Å²) in [5, 5.41) is 10.8. The van der Waals surface area contributed by atoms with Crippen molar-refractivity contribution in [3.05, 3.63) is 18.3 Å². The molecule has 6 nitrogen and oxygen atoms in total. The van der Waals surface area contributed by atoms with Crippen molar-refractivity contribution in [3.63, 3.8) is 0 Å². The molecule has 0 fully saturated rings. The highest BCUT2D eigenvalue weighted by Crippen LogP contribution is 2.27. The van der Waals surface area contributed by atoms with Crippen LogP contribution in [0.15, 0.2) is 18.3 Å². The molecule has 0 saturated carbocycles. The first-order chi connectivity index (χ1) is 10.3. The lowest BCUT2D eigenvalue weighted by Crippen LogP contribution is -2.21. The van der Waals surface area contributed by atoms with E-state index in [9.17, 15) is 0 Å². The maximum Gasteiger partial charge on any atom is 0.229 e. The second kappa shape index (κ2) is 6.11. The van der Waals surface area contributed by atoms with E-state index in [2.05, 4.69) is 44.6 Å². The number of hydrogen-bond acceptors (Lipinski definition) is 5. The average molecular weight is 287 g/mol. The van der Waals surface area contributed by atoms with Gasteiger partial charge in [-0.1, -0.05) is 19.1 Å². The summed E-state index contributed by atoms with van der Waals surface area (Å²) in [6.07, 6.45) is 8.40. The van der Waals surface area contributed by atoms with Crippen LogP contribution in [0.3, 0.4) is 0 Å². The van der Waals surface area contributed by atoms with Crippen LogP contribution in [0.25, 0.3) is 11.0 Å². The van der Waals surface area contributed by atoms with E-state index in [-0.39, 0.29) is 0 Å². The lowest BCUT2D eigenvalue weighted by Gasteiger charge is -2.25. The fourth-order valence-corrected chi connectivity index (χ4v) is 2.58. The van der Waals surface area contributed by atoms with Gasteiger partial charge in [-0.15, -0.1) is 0 Å². The zero-order valence-electron chi connectivity index (χ0n) is 12.5. The van der Waals surface area contributed by atoms with E-state index in [1.54, 1.807) is 6.20 Å². The highest BCUT2D eigenvalue weighted by Gasteiger charge is 2.20. The minimum atomic E-state index is 0.537. The van der Waals surface area contributed by atoms with Crippen molar-refractivity contribution in [2.45, 2.75) is 26.7 Å². The summed E-state index contributed by atoms with van der Waals surface area (Å²) in [6.45, 7) is 5.73. The number of anilines is 1. The third kappa shape index (κ3) is 2.99. The molecule has 3 rings (SSSR count). The number of rotatable bonds is 5. The van der Waals surface area contributed by atoms with Gasteiger partial charge in [0, 0.05) is 6.54 Å². The number of nitrogens with one attached hydrogen (secondary N) is 2. The van der Waals surface area contributed by atoms with Crippen molar-refractivity contribution in [3.8, 4) is 5.88 Å². The predicted octanol–water partition coefficient (Wildman–Crippen LogP) is 2.77. The Morgan fingerprint density at radius 1 is 1.33 bits per heavy atom. The van der Waals surface area contributed by atoms with E-state index < -0.39 is 0 Å².